The number of halogens is 3. The minimum Gasteiger partial charge on any atom is -0.379 e. The lowest BCUT2D eigenvalue weighted by Crippen LogP contribution is -2.02. The van der Waals surface area contributed by atoms with Gasteiger partial charge in [-0.1, -0.05) is 6.07 Å². The zero-order valence-corrected chi connectivity index (χ0v) is 9.75. The van der Waals surface area contributed by atoms with Crippen molar-refractivity contribution in [2.24, 2.45) is 0 Å². The highest BCUT2D eigenvalue weighted by Gasteiger charge is 2.05. The molecule has 96 valence electrons. The molecule has 0 bridgehead atoms. The Labute approximate surface area is 108 Å². The Balaban J connectivity index is 2.10. The van der Waals surface area contributed by atoms with Crippen molar-refractivity contribution in [2.45, 2.75) is 6.54 Å². The first-order chi connectivity index (χ1) is 9.10. The SMILES string of the molecule is N#Cc1ccc(NCc2ccc(F)c(F)c2)c(F)c1. The van der Waals surface area contributed by atoms with Crippen LogP contribution in [-0.4, -0.2) is 0 Å². The summed E-state index contributed by atoms with van der Waals surface area (Å²) in [5.41, 5.74) is 0.905. The van der Waals surface area contributed by atoms with Crippen LogP contribution < -0.4 is 5.32 Å². The molecule has 0 atom stereocenters. The predicted molar refractivity (Wildman–Crippen MR) is 64.8 cm³/mol. The van der Waals surface area contributed by atoms with E-state index in [2.05, 4.69) is 5.32 Å². The number of hydrogen-bond donors (Lipinski definition) is 1. The lowest BCUT2D eigenvalue weighted by atomic mass is 10.2. The predicted octanol–water partition coefficient (Wildman–Crippen LogP) is 3.59. The molecule has 0 aromatic heterocycles. The molecule has 2 rings (SSSR count). The molecule has 0 saturated carbocycles. The van der Waals surface area contributed by atoms with Crippen LogP contribution in [0, 0.1) is 28.8 Å². The third kappa shape index (κ3) is 3.05. The van der Waals surface area contributed by atoms with E-state index in [0.717, 1.165) is 18.2 Å². The molecule has 2 nitrogen and oxygen atoms in total. The number of anilines is 1. The van der Waals surface area contributed by atoms with Gasteiger partial charge in [-0.05, 0) is 35.9 Å². The summed E-state index contributed by atoms with van der Waals surface area (Å²) in [5, 5.41) is 11.4. The number of rotatable bonds is 3. The summed E-state index contributed by atoms with van der Waals surface area (Å²) in [4.78, 5) is 0. The van der Waals surface area contributed by atoms with E-state index < -0.39 is 17.5 Å². The molecule has 0 unspecified atom stereocenters. The quantitative estimate of drug-likeness (QED) is 0.917. The van der Waals surface area contributed by atoms with Crippen LogP contribution in [-0.2, 0) is 6.54 Å². The molecule has 0 fully saturated rings. The monoisotopic (exact) mass is 262 g/mol. The maximum atomic E-state index is 13.5. The van der Waals surface area contributed by atoms with E-state index in [9.17, 15) is 13.2 Å². The van der Waals surface area contributed by atoms with Gasteiger partial charge in [-0.15, -0.1) is 0 Å². The van der Waals surface area contributed by atoms with Crippen LogP contribution in [0.25, 0.3) is 0 Å². The van der Waals surface area contributed by atoms with E-state index in [1.807, 2.05) is 6.07 Å². The first kappa shape index (κ1) is 13.0. The molecular formula is C14H9F3N2. The van der Waals surface area contributed by atoms with Gasteiger partial charge in [0.05, 0.1) is 17.3 Å². The smallest absolute Gasteiger partial charge is 0.159 e. The Morgan fingerprint density at radius 3 is 2.37 bits per heavy atom. The Kier molecular flexibility index (Phi) is 3.71. The van der Waals surface area contributed by atoms with Gasteiger partial charge in [0.2, 0.25) is 0 Å². The Bertz CT molecular complexity index is 648. The highest BCUT2D eigenvalue weighted by atomic mass is 19.2. The summed E-state index contributed by atoms with van der Waals surface area (Å²) in [6.45, 7) is 0.153. The summed E-state index contributed by atoms with van der Waals surface area (Å²) in [5.74, 6) is -2.44. The first-order valence-corrected chi connectivity index (χ1v) is 5.47. The second-order valence-corrected chi connectivity index (χ2v) is 3.91. The largest absolute Gasteiger partial charge is 0.379 e. The average molecular weight is 262 g/mol. The summed E-state index contributed by atoms with van der Waals surface area (Å²) in [6, 6.07) is 9.29. The third-order valence-corrected chi connectivity index (χ3v) is 2.57. The van der Waals surface area contributed by atoms with Gasteiger partial charge in [0.25, 0.3) is 0 Å². The summed E-state index contributed by atoms with van der Waals surface area (Å²) < 4.78 is 39.2. The van der Waals surface area contributed by atoms with Crippen LogP contribution >= 0.6 is 0 Å². The van der Waals surface area contributed by atoms with Crippen molar-refractivity contribution >= 4 is 5.69 Å². The van der Waals surface area contributed by atoms with Gasteiger partial charge in [0.15, 0.2) is 11.6 Å². The van der Waals surface area contributed by atoms with Crippen molar-refractivity contribution in [1.29, 1.82) is 5.26 Å². The maximum absolute atomic E-state index is 13.5. The molecule has 0 spiro atoms. The Morgan fingerprint density at radius 2 is 1.74 bits per heavy atom. The fourth-order valence-corrected chi connectivity index (χ4v) is 1.57. The highest BCUT2D eigenvalue weighted by molar-refractivity contribution is 5.49. The molecule has 19 heavy (non-hydrogen) atoms. The molecule has 0 aliphatic rings. The number of benzene rings is 2. The molecule has 5 heteroatoms. The maximum Gasteiger partial charge on any atom is 0.159 e. The van der Waals surface area contributed by atoms with Crippen LogP contribution in [0.2, 0.25) is 0 Å². The zero-order valence-electron chi connectivity index (χ0n) is 9.75. The van der Waals surface area contributed by atoms with Gasteiger partial charge in [0.1, 0.15) is 5.82 Å². The molecule has 0 radical (unpaired) electrons. The van der Waals surface area contributed by atoms with Gasteiger partial charge in [0, 0.05) is 6.54 Å². The normalized spacial score (nSPS) is 10.0. The zero-order chi connectivity index (χ0) is 13.8. The molecule has 0 aliphatic heterocycles. The molecule has 0 saturated heterocycles. The molecule has 2 aromatic rings. The molecular weight excluding hydrogens is 253 g/mol. The minimum atomic E-state index is -0.945. The lowest BCUT2D eigenvalue weighted by molar-refractivity contribution is 0.507. The second kappa shape index (κ2) is 5.44. The lowest BCUT2D eigenvalue weighted by Gasteiger charge is -2.08. The van der Waals surface area contributed by atoms with Crippen LogP contribution in [0.3, 0.4) is 0 Å². The second-order valence-electron chi connectivity index (χ2n) is 3.91. The van der Waals surface area contributed by atoms with Crippen molar-refractivity contribution in [3.8, 4) is 6.07 Å². The fourth-order valence-electron chi connectivity index (χ4n) is 1.57. The van der Waals surface area contributed by atoms with E-state index in [1.54, 1.807) is 0 Å². The van der Waals surface area contributed by atoms with Crippen LogP contribution in [0.15, 0.2) is 36.4 Å². The summed E-state index contributed by atoms with van der Waals surface area (Å²) >= 11 is 0. The topological polar surface area (TPSA) is 35.8 Å². The summed E-state index contributed by atoms with van der Waals surface area (Å²) in [6.07, 6.45) is 0. The van der Waals surface area contributed by atoms with Gasteiger partial charge in [-0.25, -0.2) is 13.2 Å². The molecule has 1 N–H and O–H groups in total. The van der Waals surface area contributed by atoms with E-state index in [0.29, 0.717) is 5.56 Å². The van der Waals surface area contributed by atoms with Gasteiger partial charge in [-0.3, -0.25) is 0 Å². The Morgan fingerprint density at radius 1 is 0.947 bits per heavy atom. The minimum absolute atomic E-state index is 0.153. The van der Waals surface area contributed by atoms with Crippen molar-refractivity contribution in [3.05, 3.63) is 65.0 Å². The van der Waals surface area contributed by atoms with Crippen LogP contribution in [0.5, 0.6) is 0 Å². The molecule has 2 aromatic carbocycles. The molecule has 0 heterocycles. The van der Waals surface area contributed by atoms with Crippen LogP contribution in [0.4, 0.5) is 18.9 Å². The first-order valence-electron chi connectivity index (χ1n) is 5.47. The van der Waals surface area contributed by atoms with E-state index >= 15 is 0 Å². The number of nitrogens with one attached hydrogen (secondary N) is 1. The standard InChI is InChI=1S/C14H9F3N2/c15-11-3-1-10(6-12(11)16)8-19-14-4-2-9(7-18)5-13(14)17/h1-6,19H,8H2. The van der Waals surface area contributed by atoms with Crippen molar-refractivity contribution in [2.75, 3.05) is 5.32 Å². The average Bonchev–Trinajstić information content (AvgIpc) is 2.41. The van der Waals surface area contributed by atoms with E-state index in [4.69, 9.17) is 5.26 Å². The van der Waals surface area contributed by atoms with Gasteiger partial charge >= 0.3 is 0 Å². The molecule has 0 amide bonds. The van der Waals surface area contributed by atoms with Crippen LogP contribution in [0.1, 0.15) is 11.1 Å². The van der Waals surface area contributed by atoms with E-state index in [1.165, 1.54) is 18.2 Å². The molecule has 0 aliphatic carbocycles. The van der Waals surface area contributed by atoms with Crippen molar-refractivity contribution in [1.82, 2.24) is 0 Å². The van der Waals surface area contributed by atoms with Crippen molar-refractivity contribution in [3.63, 3.8) is 0 Å². The van der Waals surface area contributed by atoms with Crippen molar-refractivity contribution < 1.29 is 13.2 Å². The number of nitrogens with zero attached hydrogens (tertiary/aromatic N) is 1. The Hall–Kier alpha value is -2.48. The summed E-state index contributed by atoms with van der Waals surface area (Å²) in [7, 11) is 0. The number of nitriles is 1. The van der Waals surface area contributed by atoms with Gasteiger partial charge in [-0.2, -0.15) is 5.26 Å². The fraction of sp³-hybridized carbons (Fsp3) is 0.0714. The van der Waals surface area contributed by atoms with Gasteiger partial charge < -0.3 is 5.32 Å². The van der Waals surface area contributed by atoms with E-state index in [-0.39, 0.29) is 17.8 Å². The third-order valence-electron chi connectivity index (χ3n) is 2.57. The number of hydrogen-bond acceptors (Lipinski definition) is 2. The highest BCUT2D eigenvalue weighted by Crippen LogP contribution is 2.17.